The van der Waals surface area contributed by atoms with Crippen molar-refractivity contribution in [3.05, 3.63) is 23.8 Å². The van der Waals surface area contributed by atoms with Gasteiger partial charge in [-0.1, -0.05) is 0 Å². The minimum absolute atomic E-state index is 0.0370. The average Bonchev–Trinajstić information content (AvgIpc) is 3.20. The normalized spacial score (nSPS) is 20.7. The van der Waals surface area contributed by atoms with E-state index in [1.54, 1.807) is 37.3 Å². The fraction of sp³-hybridized carbons (Fsp3) is 0.579. The first-order valence-electron chi connectivity index (χ1n) is 9.01. The molecule has 7 heteroatoms. The number of likely N-dealkylation sites (tertiary alicyclic amines) is 1. The highest BCUT2D eigenvalue weighted by atomic mass is 16.5. The van der Waals surface area contributed by atoms with Crippen LogP contribution in [0.2, 0.25) is 0 Å². The zero-order valence-corrected chi connectivity index (χ0v) is 15.3. The van der Waals surface area contributed by atoms with Crippen molar-refractivity contribution in [1.82, 2.24) is 10.2 Å². The summed E-state index contributed by atoms with van der Waals surface area (Å²) < 4.78 is 15.8. The third-order valence-corrected chi connectivity index (χ3v) is 5.06. The van der Waals surface area contributed by atoms with Crippen LogP contribution in [0.15, 0.2) is 18.2 Å². The molecule has 0 radical (unpaired) electrons. The minimum Gasteiger partial charge on any atom is -0.493 e. The van der Waals surface area contributed by atoms with E-state index in [0.717, 1.165) is 6.42 Å². The summed E-state index contributed by atoms with van der Waals surface area (Å²) in [5, 5.41) is 3.05. The fourth-order valence-electron chi connectivity index (χ4n) is 3.46. The van der Waals surface area contributed by atoms with Gasteiger partial charge in [-0.25, -0.2) is 0 Å². The summed E-state index contributed by atoms with van der Waals surface area (Å²) in [5.41, 5.74) is 0.564. The predicted octanol–water partition coefficient (Wildman–Crippen LogP) is 1.46. The van der Waals surface area contributed by atoms with Gasteiger partial charge in [0.1, 0.15) is 0 Å². The summed E-state index contributed by atoms with van der Waals surface area (Å²) in [4.78, 5) is 26.9. The van der Waals surface area contributed by atoms with Crippen LogP contribution in [-0.4, -0.2) is 63.3 Å². The van der Waals surface area contributed by atoms with Gasteiger partial charge < -0.3 is 24.4 Å². The quantitative estimate of drug-likeness (QED) is 0.858. The summed E-state index contributed by atoms with van der Waals surface area (Å²) >= 11 is 0. The van der Waals surface area contributed by atoms with Gasteiger partial charge in [0.2, 0.25) is 5.91 Å². The van der Waals surface area contributed by atoms with Crippen molar-refractivity contribution in [3.63, 3.8) is 0 Å². The summed E-state index contributed by atoms with van der Waals surface area (Å²) in [7, 11) is 3.11. The maximum absolute atomic E-state index is 12.7. The molecule has 2 saturated heterocycles. The van der Waals surface area contributed by atoms with Crippen LogP contribution in [0.25, 0.3) is 0 Å². The Bertz CT molecular complexity index is 649. The zero-order valence-electron chi connectivity index (χ0n) is 15.3. The van der Waals surface area contributed by atoms with Gasteiger partial charge in [0, 0.05) is 31.2 Å². The molecule has 0 bridgehead atoms. The van der Waals surface area contributed by atoms with Crippen LogP contribution in [0.3, 0.4) is 0 Å². The van der Waals surface area contributed by atoms with E-state index in [0.29, 0.717) is 56.2 Å². The van der Waals surface area contributed by atoms with Gasteiger partial charge in [-0.3, -0.25) is 9.59 Å². The van der Waals surface area contributed by atoms with Crippen LogP contribution in [0.5, 0.6) is 11.5 Å². The second-order valence-corrected chi connectivity index (χ2v) is 6.71. The molecule has 0 saturated carbocycles. The first-order chi connectivity index (χ1) is 12.6. The Hall–Kier alpha value is -2.28. The third kappa shape index (κ3) is 4.09. The fourth-order valence-corrected chi connectivity index (χ4v) is 3.46. The third-order valence-electron chi connectivity index (χ3n) is 5.06. The van der Waals surface area contributed by atoms with Crippen molar-refractivity contribution < 1.29 is 23.8 Å². The van der Waals surface area contributed by atoms with Crippen molar-refractivity contribution >= 4 is 11.8 Å². The largest absolute Gasteiger partial charge is 0.493 e. The first-order valence-corrected chi connectivity index (χ1v) is 9.01. The molecule has 2 amide bonds. The molecule has 1 atom stereocenters. The number of ether oxygens (including phenoxy) is 3. The van der Waals surface area contributed by atoms with Crippen molar-refractivity contribution in [2.24, 2.45) is 5.92 Å². The topological polar surface area (TPSA) is 77.1 Å². The number of carbonyl (C=O) groups is 2. The van der Waals surface area contributed by atoms with E-state index in [-0.39, 0.29) is 23.8 Å². The van der Waals surface area contributed by atoms with E-state index >= 15 is 0 Å². The van der Waals surface area contributed by atoms with E-state index < -0.39 is 0 Å². The molecule has 2 aliphatic heterocycles. The van der Waals surface area contributed by atoms with Gasteiger partial charge in [0.05, 0.1) is 26.9 Å². The number of hydrogen-bond donors (Lipinski definition) is 1. The van der Waals surface area contributed by atoms with Crippen molar-refractivity contribution in [2.75, 3.05) is 40.5 Å². The number of rotatable bonds is 5. The van der Waals surface area contributed by atoms with Gasteiger partial charge in [-0.15, -0.1) is 0 Å². The number of piperidine rings is 1. The molecule has 0 aromatic heterocycles. The molecule has 1 aromatic carbocycles. The maximum atomic E-state index is 12.7. The Morgan fingerprint density at radius 1 is 1.12 bits per heavy atom. The molecule has 0 spiro atoms. The van der Waals surface area contributed by atoms with Crippen molar-refractivity contribution in [2.45, 2.75) is 25.3 Å². The first kappa shape index (κ1) is 18.5. The summed E-state index contributed by atoms with van der Waals surface area (Å²) in [6, 6.07) is 5.30. The number of carbonyl (C=O) groups excluding carboxylic acids is 2. The highest BCUT2D eigenvalue weighted by molar-refractivity contribution is 5.95. The lowest BCUT2D eigenvalue weighted by molar-refractivity contribution is -0.127. The Balaban J connectivity index is 1.55. The van der Waals surface area contributed by atoms with Crippen LogP contribution in [-0.2, 0) is 9.53 Å². The molecule has 2 fully saturated rings. The summed E-state index contributed by atoms with van der Waals surface area (Å²) in [6.07, 6.45) is 2.24. The van der Waals surface area contributed by atoms with Gasteiger partial charge in [-0.05, 0) is 37.5 Å². The molecule has 2 heterocycles. The molecular formula is C19H26N2O5. The van der Waals surface area contributed by atoms with E-state index in [4.69, 9.17) is 14.2 Å². The molecule has 142 valence electrons. The van der Waals surface area contributed by atoms with Gasteiger partial charge in [0.25, 0.3) is 5.91 Å². The SMILES string of the molecule is COc1ccc(C(=O)N2CCC(C(=O)N[C@H]3CCOC3)CC2)cc1OC. The Morgan fingerprint density at radius 2 is 1.85 bits per heavy atom. The molecule has 0 aliphatic carbocycles. The Morgan fingerprint density at radius 3 is 2.46 bits per heavy atom. The zero-order chi connectivity index (χ0) is 18.5. The molecule has 1 aromatic rings. The minimum atomic E-state index is -0.0472. The maximum Gasteiger partial charge on any atom is 0.253 e. The molecule has 0 unspecified atom stereocenters. The number of nitrogens with zero attached hydrogens (tertiary/aromatic N) is 1. The second-order valence-electron chi connectivity index (χ2n) is 6.71. The van der Waals surface area contributed by atoms with Crippen molar-refractivity contribution in [3.8, 4) is 11.5 Å². The smallest absolute Gasteiger partial charge is 0.253 e. The molecule has 1 N–H and O–H groups in total. The highest BCUT2D eigenvalue weighted by Crippen LogP contribution is 2.29. The number of amides is 2. The van der Waals surface area contributed by atoms with Gasteiger partial charge >= 0.3 is 0 Å². The lowest BCUT2D eigenvalue weighted by Crippen LogP contribution is -2.45. The predicted molar refractivity (Wildman–Crippen MR) is 95.5 cm³/mol. The number of hydrogen-bond acceptors (Lipinski definition) is 5. The Labute approximate surface area is 153 Å². The molecule has 7 nitrogen and oxygen atoms in total. The van der Waals surface area contributed by atoms with Crippen LogP contribution >= 0.6 is 0 Å². The molecule has 26 heavy (non-hydrogen) atoms. The lowest BCUT2D eigenvalue weighted by atomic mass is 9.95. The van der Waals surface area contributed by atoms with Crippen LogP contribution in [0.1, 0.15) is 29.6 Å². The highest BCUT2D eigenvalue weighted by Gasteiger charge is 2.29. The lowest BCUT2D eigenvalue weighted by Gasteiger charge is -2.32. The monoisotopic (exact) mass is 362 g/mol. The number of nitrogens with one attached hydrogen (secondary N) is 1. The molecule has 3 rings (SSSR count). The molecular weight excluding hydrogens is 336 g/mol. The van der Waals surface area contributed by atoms with Crippen LogP contribution in [0.4, 0.5) is 0 Å². The van der Waals surface area contributed by atoms with E-state index in [1.807, 2.05) is 0 Å². The summed E-state index contributed by atoms with van der Waals surface area (Å²) in [6.45, 7) is 2.46. The van der Waals surface area contributed by atoms with Gasteiger partial charge in [0.15, 0.2) is 11.5 Å². The molecule has 2 aliphatic rings. The number of benzene rings is 1. The second kappa shape index (κ2) is 8.40. The Kier molecular flexibility index (Phi) is 5.98. The van der Waals surface area contributed by atoms with Gasteiger partial charge in [-0.2, -0.15) is 0 Å². The van der Waals surface area contributed by atoms with Crippen LogP contribution < -0.4 is 14.8 Å². The standard InChI is InChI=1S/C19H26N2O5/c1-24-16-4-3-14(11-17(16)25-2)19(23)21-8-5-13(6-9-21)18(22)20-15-7-10-26-12-15/h3-4,11,13,15H,5-10,12H2,1-2H3,(H,20,22)/t15-/m0/s1. The van der Waals surface area contributed by atoms with E-state index in [9.17, 15) is 9.59 Å². The van der Waals surface area contributed by atoms with Crippen molar-refractivity contribution in [1.29, 1.82) is 0 Å². The van der Waals surface area contributed by atoms with E-state index in [1.165, 1.54) is 0 Å². The number of methoxy groups -OCH3 is 2. The average molecular weight is 362 g/mol. The van der Waals surface area contributed by atoms with E-state index in [2.05, 4.69) is 5.32 Å². The summed E-state index contributed by atoms with van der Waals surface area (Å²) in [5.74, 6) is 1.12. The van der Waals surface area contributed by atoms with Crippen LogP contribution in [0, 0.1) is 5.92 Å².